The molecule has 0 unspecified atom stereocenters. The van der Waals surface area contributed by atoms with Crippen molar-refractivity contribution in [1.82, 2.24) is 9.80 Å². The maximum atomic E-state index is 13.9. The second-order valence-electron chi connectivity index (χ2n) is 10.2. The Hall–Kier alpha value is -2.50. The van der Waals surface area contributed by atoms with Crippen molar-refractivity contribution in [2.75, 3.05) is 20.2 Å². The van der Waals surface area contributed by atoms with Gasteiger partial charge in [0, 0.05) is 24.7 Å². The Morgan fingerprint density at radius 2 is 1.61 bits per heavy atom. The van der Waals surface area contributed by atoms with Gasteiger partial charge in [-0.15, -0.1) is 0 Å². The van der Waals surface area contributed by atoms with Crippen molar-refractivity contribution in [1.29, 1.82) is 0 Å². The van der Waals surface area contributed by atoms with E-state index in [1.807, 2.05) is 0 Å². The Morgan fingerprint density at radius 1 is 1.00 bits per heavy atom. The summed E-state index contributed by atoms with van der Waals surface area (Å²) in [6.45, 7) is 6.34. The Kier molecular flexibility index (Phi) is 8.36. The van der Waals surface area contributed by atoms with E-state index in [1.165, 1.54) is 9.80 Å². The maximum absolute atomic E-state index is 13.9. The zero-order valence-corrected chi connectivity index (χ0v) is 22.2. The number of ether oxygens (including phenoxy) is 2. The molecule has 0 spiro atoms. The molecule has 0 atom stereocenters. The Balaban J connectivity index is 1.86. The molecule has 0 aromatic heterocycles. The van der Waals surface area contributed by atoms with Crippen molar-refractivity contribution >= 4 is 11.9 Å². The summed E-state index contributed by atoms with van der Waals surface area (Å²) in [5.74, 6) is -0.0109. The number of likely N-dealkylation sites (N-methyl/N-ethyl adjacent to an activating group) is 1. The number of alkyl halides is 6. The lowest BCUT2D eigenvalue weighted by Gasteiger charge is -2.34. The van der Waals surface area contributed by atoms with Gasteiger partial charge in [0.2, 0.25) is 0 Å². The summed E-state index contributed by atoms with van der Waals surface area (Å²) >= 11 is 0. The topological polar surface area (TPSA) is 59.1 Å². The number of carbonyl (C=O) groups excluding carboxylic acids is 2. The van der Waals surface area contributed by atoms with E-state index >= 15 is 0 Å². The number of fused-ring (bicyclic) bond motifs is 1. The molecule has 1 fully saturated rings. The van der Waals surface area contributed by atoms with Gasteiger partial charge < -0.3 is 14.4 Å². The number of hydrogen-bond acceptors (Lipinski definition) is 4. The van der Waals surface area contributed by atoms with Crippen LogP contribution in [0.3, 0.4) is 0 Å². The lowest BCUT2D eigenvalue weighted by molar-refractivity contribution is -0.385. The molecule has 0 saturated carbocycles. The minimum atomic E-state index is -5.70. The lowest BCUT2D eigenvalue weighted by Crippen LogP contribution is -2.53. The summed E-state index contributed by atoms with van der Waals surface area (Å²) in [5.41, 5.74) is -5.78. The number of carbonyl (C=O) groups is 2. The van der Waals surface area contributed by atoms with Gasteiger partial charge in [-0.3, -0.25) is 9.69 Å². The molecule has 3 amide bonds. The van der Waals surface area contributed by atoms with E-state index in [0.29, 0.717) is 37.0 Å². The number of urea groups is 1. The standard InChI is InChI=1S/C26H34F6N2O4/c1-6-10-16-14-19-18(15-38-24(19,25(27,28)29)26(30,31)32)17(11-7-2)20(16)37-13-9-8-12-34-21(35)23(3,4)33(5)22(34)36/h14H,6-13,15H2,1-5H3. The Morgan fingerprint density at radius 3 is 2.11 bits per heavy atom. The van der Waals surface area contributed by atoms with Crippen LogP contribution in [0.5, 0.6) is 5.75 Å². The van der Waals surface area contributed by atoms with Crippen LogP contribution >= 0.6 is 0 Å². The fraction of sp³-hybridized carbons (Fsp3) is 0.692. The van der Waals surface area contributed by atoms with Gasteiger partial charge in [0.25, 0.3) is 11.5 Å². The van der Waals surface area contributed by atoms with Gasteiger partial charge in [0.15, 0.2) is 0 Å². The first-order valence-corrected chi connectivity index (χ1v) is 12.7. The molecule has 38 heavy (non-hydrogen) atoms. The highest BCUT2D eigenvalue weighted by molar-refractivity contribution is 6.06. The fourth-order valence-corrected chi connectivity index (χ4v) is 5.06. The molecule has 0 radical (unpaired) electrons. The molecule has 0 bridgehead atoms. The van der Waals surface area contributed by atoms with Crippen molar-refractivity contribution in [3.8, 4) is 5.75 Å². The quantitative estimate of drug-likeness (QED) is 0.195. The summed E-state index contributed by atoms with van der Waals surface area (Å²) in [6.07, 6.45) is -9.14. The molecule has 2 heterocycles. The van der Waals surface area contributed by atoms with E-state index in [0.717, 1.165) is 6.07 Å². The normalized spacial score (nSPS) is 18.9. The number of hydrogen-bond donors (Lipinski definition) is 0. The van der Waals surface area contributed by atoms with Gasteiger partial charge in [-0.05, 0) is 56.7 Å². The van der Waals surface area contributed by atoms with Crippen LogP contribution in [0, 0.1) is 0 Å². The van der Waals surface area contributed by atoms with Crippen molar-refractivity contribution in [3.05, 3.63) is 28.3 Å². The van der Waals surface area contributed by atoms with Crippen LogP contribution in [0.15, 0.2) is 6.07 Å². The average molecular weight is 553 g/mol. The largest absolute Gasteiger partial charge is 0.493 e. The molecule has 2 aliphatic rings. The number of aryl methyl sites for hydroxylation is 1. The predicted molar refractivity (Wildman–Crippen MR) is 127 cm³/mol. The molecule has 2 aliphatic heterocycles. The van der Waals surface area contributed by atoms with Crippen LogP contribution < -0.4 is 4.74 Å². The molecule has 1 aromatic carbocycles. The summed E-state index contributed by atoms with van der Waals surface area (Å²) in [7, 11) is 1.55. The number of halogens is 6. The molecule has 3 rings (SSSR count). The highest BCUT2D eigenvalue weighted by Gasteiger charge is 2.76. The minimum absolute atomic E-state index is 0.117. The van der Waals surface area contributed by atoms with Crippen LogP contribution in [-0.4, -0.2) is 59.8 Å². The number of benzene rings is 1. The fourth-order valence-electron chi connectivity index (χ4n) is 5.06. The number of rotatable bonds is 10. The number of amides is 3. The van der Waals surface area contributed by atoms with Crippen molar-refractivity contribution in [3.63, 3.8) is 0 Å². The smallest absolute Gasteiger partial charge is 0.430 e. The van der Waals surface area contributed by atoms with E-state index < -0.39 is 41.7 Å². The molecular weight excluding hydrogens is 518 g/mol. The Bertz CT molecular complexity index is 1050. The minimum Gasteiger partial charge on any atom is -0.493 e. The van der Waals surface area contributed by atoms with E-state index in [-0.39, 0.29) is 43.0 Å². The first kappa shape index (κ1) is 30.0. The molecular formula is C26H34F6N2O4. The second-order valence-corrected chi connectivity index (χ2v) is 10.2. The van der Waals surface area contributed by atoms with Crippen LogP contribution in [-0.2, 0) is 34.6 Å². The van der Waals surface area contributed by atoms with Gasteiger partial charge in [-0.1, -0.05) is 26.7 Å². The molecule has 1 saturated heterocycles. The summed E-state index contributed by atoms with van der Waals surface area (Å²) in [6, 6.07) is 0.550. The Labute approximate surface area is 218 Å². The highest BCUT2D eigenvalue weighted by Crippen LogP contribution is 2.58. The van der Waals surface area contributed by atoms with Crippen LogP contribution in [0.2, 0.25) is 0 Å². The predicted octanol–water partition coefficient (Wildman–Crippen LogP) is 6.27. The van der Waals surface area contributed by atoms with Crippen molar-refractivity contribution in [2.45, 2.75) is 96.3 Å². The van der Waals surface area contributed by atoms with Gasteiger partial charge in [0.1, 0.15) is 11.3 Å². The molecule has 214 valence electrons. The maximum Gasteiger partial charge on any atom is 0.430 e. The van der Waals surface area contributed by atoms with Crippen LogP contribution in [0.25, 0.3) is 0 Å². The molecule has 0 N–H and O–H groups in total. The van der Waals surface area contributed by atoms with Crippen molar-refractivity contribution in [2.24, 2.45) is 0 Å². The number of imide groups is 1. The van der Waals surface area contributed by atoms with E-state index in [2.05, 4.69) is 4.74 Å². The third-order valence-electron chi connectivity index (χ3n) is 7.35. The van der Waals surface area contributed by atoms with Crippen LogP contribution in [0.4, 0.5) is 31.1 Å². The third kappa shape index (κ3) is 4.84. The summed E-state index contributed by atoms with van der Waals surface area (Å²) in [4.78, 5) is 27.4. The van der Waals surface area contributed by atoms with Gasteiger partial charge in [-0.25, -0.2) is 4.79 Å². The third-order valence-corrected chi connectivity index (χ3v) is 7.35. The number of unbranched alkanes of at least 4 members (excludes halogenated alkanes) is 1. The summed E-state index contributed by atoms with van der Waals surface area (Å²) < 4.78 is 94.2. The molecule has 1 aromatic rings. The van der Waals surface area contributed by atoms with E-state index in [9.17, 15) is 35.9 Å². The molecule has 6 nitrogen and oxygen atoms in total. The van der Waals surface area contributed by atoms with E-state index in [4.69, 9.17) is 4.74 Å². The SMILES string of the molecule is CCCc1cc2c(c(CCC)c1OCCCCN1C(=O)N(C)C(C)(C)C1=O)COC2(C(F)(F)F)C(F)(F)F. The second kappa shape index (κ2) is 10.6. The monoisotopic (exact) mass is 552 g/mol. The van der Waals surface area contributed by atoms with Gasteiger partial charge >= 0.3 is 18.4 Å². The van der Waals surface area contributed by atoms with E-state index in [1.54, 1.807) is 34.7 Å². The zero-order valence-electron chi connectivity index (χ0n) is 22.2. The first-order valence-electron chi connectivity index (χ1n) is 12.7. The molecule has 12 heteroatoms. The van der Waals surface area contributed by atoms with Gasteiger partial charge in [-0.2, -0.15) is 26.3 Å². The average Bonchev–Trinajstić information content (AvgIpc) is 3.27. The first-order chi connectivity index (χ1) is 17.6. The molecule has 0 aliphatic carbocycles. The van der Waals surface area contributed by atoms with Crippen molar-refractivity contribution < 1.29 is 45.4 Å². The van der Waals surface area contributed by atoms with Crippen LogP contribution in [0.1, 0.15) is 75.6 Å². The highest BCUT2D eigenvalue weighted by atomic mass is 19.4. The summed E-state index contributed by atoms with van der Waals surface area (Å²) in [5, 5.41) is 0. The van der Waals surface area contributed by atoms with Gasteiger partial charge in [0.05, 0.1) is 13.2 Å². The lowest BCUT2D eigenvalue weighted by atomic mass is 9.84. The number of nitrogens with zero attached hydrogens (tertiary/aromatic N) is 2. The zero-order chi connectivity index (χ0) is 28.7.